The summed E-state index contributed by atoms with van der Waals surface area (Å²) >= 11 is 0. The molecule has 0 spiro atoms. The molecule has 1 heterocycles. The highest BCUT2D eigenvalue weighted by molar-refractivity contribution is 5.85. The highest BCUT2D eigenvalue weighted by atomic mass is 35.5. The number of ether oxygens (including phenoxy) is 1. The molecule has 0 aliphatic heterocycles. The zero-order valence-electron chi connectivity index (χ0n) is 16.9. The Morgan fingerprint density at radius 1 is 1.07 bits per heavy atom. The van der Waals surface area contributed by atoms with Gasteiger partial charge in [0.2, 0.25) is 0 Å². The minimum absolute atomic E-state index is 0. The molecule has 4 rings (SSSR count). The lowest BCUT2D eigenvalue weighted by Crippen LogP contribution is -2.35. The van der Waals surface area contributed by atoms with Crippen LogP contribution in [-0.4, -0.2) is 15.6 Å². The van der Waals surface area contributed by atoms with Gasteiger partial charge in [0.15, 0.2) is 0 Å². The maximum absolute atomic E-state index is 6.02. The van der Waals surface area contributed by atoms with Crippen LogP contribution in [0.4, 0.5) is 0 Å². The number of rotatable bonds is 5. The molecule has 1 fully saturated rings. The third-order valence-electron chi connectivity index (χ3n) is 5.79. The van der Waals surface area contributed by atoms with E-state index in [1.54, 1.807) is 0 Å². The summed E-state index contributed by atoms with van der Waals surface area (Å²) in [7, 11) is 1.99. The van der Waals surface area contributed by atoms with Crippen LogP contribution < -0.4 is 10.1 Å². The third kappa shape index (κ3) is 4.86. The molecule has 0 unspecified atom stereocenters. The summed E-state index contributed by atoms with van der Waals surface area (Å²) in [5, 5.41) is 3.72. The number of halogens is 1. The van der Waals surface area contributed by atoms with E-state index in [1.807, 2.05) is 36.1 Å². The van der Waals surface area contributed by atoms with Crippen LogP contribution in [0.1, 0.15) is 45.1 Å². The van der Waals surface area contributed by atoms with Gasteiger partial charge in [0, 0.05) is 25.7 Å². The molecule has 4 nitrogen and oxygen atoms in total. The first kappa shape index (κ1) is 20.7. The lowest BCUT2D eigenvalue weighted by Gasteiger charge is -2.34. The van der Waals surface area contributed by atoms with Crippen molar-refractivity contribution in [3.05, 3.63) is 54.4 Å². The molecule has 0 amide bonds. The highest BCUT2D eigenvalue weighted by Gasteiger charge is 2.26. The third-order valence-corrected chi connectivity index (χ3v) is 5.79. The van der Waals surface area contributed by atoms with Crippen LogP contribution in [0.5, 0.6) is 11.5 Å². The molecule has 5 heteroatoms. The second-order valence-corrected chi connectivity index (χ2v) is 8.57. The van der Waals surface area contributed by atoms with Crippen LogP contribution in [0.15, 0.2) is 48.8 Å². The minimum atomic E-state index is 0. The van der Waals surface area contributed by atoms with Crippen LogP contribution in [-0.2, 0) is 13.6 Å². The van der Waals surface area contributed by atoms with Gasteiger partial charge in [0.05, 0.1) is 17.4 Å². The molecule has 0 saturated heterocycles. The average Bonchev–Trinajstić information content (AvgIpc) is 3.03. The zero-order valence-corrected chi connectivity index (χ0v) is 17.8. The van der Waals surface area contributed by atoms with Crippen LogP contribution in [0.2, 0.25) is 0 Å². The number of imidazole rings is 1. The molecule has 1 N–H and O–H groups in total. The van der Waals surface area contributed by atoms with Crippen molar-refractivity contribution in [1.82, 2.24) is 14.9 Å². The number of benzene rings is 2. The predicted molar refractivity (Wildman–Crippen MR) is 117 cm³/mol. The van der Waals surface area contributed by atoms with E-state index < -0.39 is 0 Å². The van der Waals surface area contributed by atoms with Crippen LogP contribution >= 0.6 is 12.4 Å². The first-order valence-corrected chi connectivity index (χ1v) is 9.90. The Hall–Kier alpha value is -2.04. The summed E-state index contributed by atoms with van der Waals surface area (Å²) in [4.78, 5) is 4.35. The Morgan fingerprint density at radius 2 is 1.75 bits per heavy atom. The summed E-state index contributed by atoms with van der Waals surface area (Å²) < 4.78 is 8.03. The van der Waals surface area contributed by atoms with E-state index in [1.165, 1.54) is 31.2 Å². The van der Waals surface area contributed by atoms with Crippen molar-refractivity contribution in [2.75, 3.05) is 0 Å². The van der Waals surface area contributed by atoms with Gasteiger partial charge in [0.1, 0.15) is 11.5 Å². The Balaban J connectivity index is 0.00000225. The summed E-state index contributed by atoms with van der Waals surface area (Å²) in [6, 6.07) is 15.0. The first-order chi connectivity index (χ1) is 13.0. The number of hydrogen-bond acceptors (Lipinski definition) is 3. The monoisotopic (exact) mass is 399 g/mol. The van der Waals surface area contributed by atoms with Crippen LogP contribution in [0.3, 0.4) is 0 Å². The fourth-order valence-corrected chi connectivity index (χ4v) is 3.85. The summed E-state index contributed by atoms with van der Waals surface area (Å²) in [6.45, 7) is 5.69. The molecule has 2 aromatic carbocycles. The Bertz CT molecular complexity index is 907. The molecular formula is C23H30ClN3O. The second kappa shape index (κ2) is 8.54. The predicted octanol–water partition coefficient (Wildman–Crippen LogP) is 5.85. The van der Waals surface area contributed by atoms with Gasteiger partial charge < -0.3 is 14.6 Å². The smallest absolute Gasteiger partial charge is 0.129 e. The molecular weight excluding hydrogens is 370 g/mol. The molecule has 0 bridgehead atoms. The van der Waals surface area contributed by atoms with Crippen molar-refractivity contribution in [2.45, 2.75) is 52.1 Å². The van der Waals surface area contributed by atoms with E-state index in [9.17, 15) is 0 Å². The minimum Gasteiger partial charge on any atom is -0.457 e. The van der Waals surface area contributed by atoms with Gasteiger partial charge in [0.25, 0.3) is 0 Å². The van der Waals surface area contributed by atoms with Gasteiger partial charge in [-0.25, -0.2) is 4.98 Å². The normalized spacial score (nSPS) is 16.7. The number of nitrogens with one attached hydrogen (secondary N) is 1. The van der Waals surface area contributed by atoms with Crippen molar-refractivity contribution in [1.29, 1.82) is 0 Å². The lowest BCUT2D eigenvalue weighted by molar-refractivity contribution is 0.206. The quantitative estimate of drug-likeness (QED) is 0.585. The first-order valence-electron chi connectivity index (χ1n) is 9.90. The number of hydrogen-bond donors (Lipinski definition) is 1. The largest absolute Gasteiger partial charge is 0.457 e. The molecule has 3 aromatic rings. The summed E-state index contributed by atoms with van der Waals surface area (Å²) in [6.07, 6.45) is 7.02. The van der Waals surface area contributed by atoms with Crippen molar-refractivity contribution in [3.63, 3.8) is 0 Å². The Labute approximate surface area is 173 Å². The van der Waals surface area contributed by atoms with Crippen molar-refractivity contribution < 1.29 is 4.74 Å². The lowest BCUT2D eigenvalue weighted by atomic mass is 9.75. The molecule has 28 heavy (non-hydrogen) atoms. The average molecular weight is 400 g/mol. The van der Waals surface area contributed by atoms with Gasteiger partial charge in [-0.05, 0) is 60.9 Å². The van der Waals surface area contributed by atoms with Crippen LogP contribution in [0, 0.1) is 5.41 Å². The van der Waals surface area contributed by atoms with E-state index in [-0.39, 0.29) is 12.4 Å². The standard InChI is InChI=1S/C23H29N3O.ClH/c1-23(2)12-10-18(11-13-23)24-15-17-4-6-19(7-5-17)27-20-8-9-21-22(14-20)26(3)16-25-21;/h4-9,14,16,18,24H,10-13,15H2,1-3H3;1H. The van der Waals surface area contributed by atoms with E-state index >= 15 is 0 Å². The molecule has 1 saturated carbocycles. The molecule has 1 aromatic heterocycles. The van der Waals surface area contributed by atoms with Crippen LogP contribution in [0.25, 0.3) is 11.0 Å². The molecule has 1 aliphatic rings. The number of nitrogens with zero attached hydrogens (tertiary/aromatic N) is 2. The number of aromatic nitrogens is 2. The van der Waals surface area contributed by atoms with E-state index in [4.69, 9.17) is 4.74 Å². The Kier molecular flexibility index (Phi) is 6.31. The van der Waals surface area contributed by atoms with E-state index in [0.29, 0.717) is 11.5 Å². The van der Waals surface area contributed by atoms with Gasteiger partial charge in [-0.15, -0.1) is 12.4 Å². The van der Waals surface area contributed by atoms with Crippen molar-refractivity contribution in [3.8, 4) is 11.5 Å². The van der Waals surface area contributed by atoms with Gasteiger partial charge in [-0.3, -0.25) is 0 Å². The maximum Gasteiger partial charge on any atom is 0.129 e. The van der Waals surface area contributed by atoms with E-state index in [0.717, 1.165) is 29.1 Å². The summed E-state index contributed by atoms with van der Waals surface area (Å²) in [5.74, 6) is 1.70. The van der Waals surface area contributed by atoms with Crippen molar-refractivity contribution in [2.24, 2.45) is 12.5 Å². The highest BCUT2D eigenvalue weighted by Crippen LogP contribution is 2.35. The summed E-state index contributed by atoms with van der Waals surface area (Å²) in [5.41, 5.74) is 3.88. The van der Waals surface area contributed by atoms with Gasteiger partial charge in [-0.2, -0.15) is 0 Å². The second-order valence-electron chi connectivity index (χ2n) is 8.57. The maximum atomic E-state index is 6.02. The van der Waals surface area contributed by atoms with E-state index in [2.05, 4.69) is 48.4 Å². The SMILES string of the molecule is Cl.Cn1cnc2ccc(Oc3ccc(CNC4CCC(C)(C)CC4)cc3)cc21. The molecule has 150 valence electrons. The molecule has 1 aliphatic carbocycles. The zero-order chi connectivity index (χ0) is 18.9. The number of fused-ring (bicyclic) bond motifs is 1. The topological polar surface area (TPSA) is 39.1 Å². The fraction of sp³-hybridized carbons (Fsp3) is 0.435. The number of aryl methyl sites for hydroxylation is 1. The fourth-order valence-electron chi connectivity index (χ4n) is 3.85. The van der Waals surface area contributed by atoms with Crippen molar-refractivity contribution >= 4 is 23.4 Å². The van der Waals surface area contributed by atoms with Gasteiger partial charge >= 0.3 is 0 Å². The molecule has 0 radical (unpaired) electrons. The Morgan fingerprint density at radius 3 is 2.46 bits per heavy atom. The molecule has 0 atom stereocenters. The van der Waals surface area contributed by atoms with Gasteiger partial charge in [-0.1, -0.05) is 26.0 Å².